The first-order chi connectivity index (χ1) is 9.74. The molecule has 2 saturated heterocycles. The molecule has 2 N–H and O–H groups in total. The third kappa shape index (κ3) is 3.02. The van der Waals surface area contributed by atoms with Crippen LogP contribution >= 0.6 is 0 Å². The normalized spacial score (nSPS) is 33.6. The van der Waals surface area contributed by atoms with Crippen molar-refractivity contribution >= 4 is 5.84 Å². The number of amidine groups is 1. The van der Waals surface area contributed by atoms with Crippen molar-refractivity contribution in [2.75, 3.05) is 6.54 Å². The van der Waals surface area contributed by atoms with Crippen LogP contribution in [0.25, 0.3) is 0 Å². The summed E-state index contributed by atoms with van der Waals surface area (Å²) in [4.78, 5) is 2.28. The van der Waals surface area contributed by atoms with E-state index in [1.807, 2.05) is 0 Å². The number of nitrogens with zero attached hydrogens (tertiary/aromatic N) is 1. The van der Waals surface area contributed by atoms with Crippen LogP contribution in [0.2, 0.25) is 0 Å². The van der Waals surface area contributed by atoms with Gasteiger partial charge in [-0.2, -0.15) is 0 Å². The quantitative estimate of drug-likeness (QED) is 0.596. The molecule has 0 aromatic rings. The van der Waals surface area contributed by atoms with Crippen molar-refractivity contribution in [3.63, 3.8) is 0 Å². The molecule has 2 aliphatic heterocycles. The van der Waals surface area contributed by atoms with E-state index in [0.717, 1.165) is 24.7 Å². The monoisotopic (exact) mass is 275 g/mol. The summed E-state index contributed by atoms with van der Waals surface area (Å²) < 4.78 is 0. The highest BCUT2D eigenvalue weighted by Crippen LogP contribution is 2.34. The summed E-state index contributed by atoms with van der Waals surface area (Å²) in [5, 5.41) is 12.1. The lowest BCUT2D eigenvalue weighted by Gasteiger charge is -2.39. The van der Waals surface area contributed by atoms with Gasteiger partial charge in [-0.05, 0) is 70.3 Å². The van der Waals surface area contributed by atoms with Gasteiger partial charge in [-0.25, -0.2) is 0 Å². The van der Waals surface area contributed by atoms with Gasteiger partial charge in [-0.1, -0.05) is 6.42 Å². The van der Waals surface area contributed by atoms with E-state index in [2.05, 4.69) is 23.2 Å². The fourth-order valence-corrected chi connectivity index (χ4v) is 3.91. The lowest BCUT2D eigenvalue weighted by molar-refractivity contribution is 0.213. The predicted molar refractivity (Wildman–Crippen MR) is 83.9 cm³/mol. The molecule has 3 aliphatic rings. The summed E-state index contributed by atoms with van der Waals surface area (Å²) in [7, 11) is 0. The molecule has 2 heterocycles. The lowest BCUT2D eigenvalue weighted by atomic mass is 9.76. The van der Waals surface area contributed by atoms with Gasteiger partial charge >= 0.3 is 0 Å². The van der Waals surface area contributed by atoms with Crippen molar-refractivity contribution in [3.8, 4) is 0 Å². The topological polar surface area (TPSA) is 39.1 Å². The van der Waals surface area contributed by atoms with Crippen LogP contribution in [-0.2, 0) is 0 Å². The maximum Gasteiger partial charge on any atom is 0.122 e. The first-order valence-electron chi connectivity index (χ1n) is 8.56. The van der Waals surface area contributed by atoms with E-state index in [-0.39, 0.29) is 0 Å². The van der Waals surface area contributed by atoms with Crippen molar-refractivity contribution in [3.05, 3.63) is 11.8 Å². The zero-order chi connectivity index (χ0) is 13.9. The second-order valence-corrected chi connectivity index (χ2v) is 6.93. The van der Waals surface area contributed by atoms with Crippen molar-refractivity contribution in [1.29, 1.82) is 5.41 Å². The number of likely N-dealkylation sites (tertiary alicyclic amines) is 1. The number of allylic oxidation sites excluding steroid dienone is 1. The van der Waals surface area contributed by atoms with E-state index in [1.54, 1.807) is 0 Å². The number of piperidine rings is 2. The van der Waals surface area contributed by atoms with E-state index in [1.165, 1.54) is 57.1 Å². The zero-order valence-electron chi connectivity index (χ0n) is 12.8. The van der Waals surface area contributed by atoms with Crippen LogP contribution in [0, 0.1) is 11.3 Å². The summed E-state index contributed by atoms with van der Waals surface area (Å²) in [6.45, 7) is 3.33. The van der Waals surface area contributed by atoms with Crippen LogP contribution in [0.5, 0.6) is 0 Å². The van der Waals surface area contributed by atoms with Gasteiger partial charge in [-0.15, -0.1) is 0 Å². The van der Waals surface area contributed by atoms with Crippen LogP contribution < -0.4 is 5.32 Å². The van der Waals surface area contributed by atoms with Gasteiger partial charge in [0.2, 0.25) is 0 Å². The van der Waals surface area contributed by atoms with Crippen molar-refractivity contribution in [2.24, 2.45) is 5.92 Å². The molecule has 0 bridgehead atoms. The van der Waals surface area contributed by atoms with E-state index < -0.39 is 0 Å². The molecule has 3 rings (SSSR count). The third-order valence-corrected chi connectivity index (χ3v) is 5.47. The maximum atomic E-state index is 8.39. The molecule has 112 valence electrons. The average Bonchev–Trinajstić information content (AvgIpc) is 2.37. The number of rotatable bonds is 2. The SMILES string of the molecule is CC1CCCCN1C(=N)/C=C1/CCCC(C2CCC2)N1. The van der Waals surface area contributed by atoms with E-state index in [0.29, 0.717) is 12.1 Å². The highest BCUT2D eigenvalue weighted by molar-refractivity contribution is 5.91. The van der Waals surface area contributed by atoms with Gasteiger partial charge in [0.1, 0.15) is 5.84 Å². The summed E-state index contributed by atoms with van der Waals surface area (Å²) in [5.41, 5.74) is 1.32. The molecule has 3 fully saturated rings. The first kappa shape index (κ1) is 14.0. The molecule has 1 saturated carbocycles. The Morgan fingerprint density at radius 2 is 2.00 bits per heavy atom. The smallest absolute Gasteiger partial charge is 0.122 e. The Bertz CT molecular complexity index is 384. The summed E-state index contributed by atoms with van der Waals surface area (Å²) in [6, 6.07) is 1.23. The molecule has 0 aromatic carbocycles. The highest BCUT2D eigenvalue weighted by Gasteiger charge is 2.29. The molecule has 1 aliphatic carbocycles. The van der Waals surface area contributed by atoms with E-state index >= 15 is 0 Å². The van der Waals surface area contributed by atoms with Gasteiger partial charge in [0.15, 0.2) is 0 Å². The van der Waals surface area contributed by atoms with Crippen LogP contribution in [-0.4, -0.2) is 29.4 Å². The van der Waals surface area contributed by atoms with Gasteiger partial charge in [0.25, 0.3) is 0 Å². The summed E-state index contributed by atoms with van der Waals surface area (Å²) in [5.74, 6) is 1.63. The summed E-state index contributed by atoms with van der Waals surface area (Å²) >= 11 is 0. The van der Waals surface area contributed by atoms with E-state index in [9.17, 15) is 0 Å². The second kappa shape index (κ2) is 6.19. The largest absolute Gasteiger partial charge is 0.385 e. The molecule has 3 nitrogen and oxygen atoms in total. The second-order valence-electron chi connectivity index (χ2n) is 6.93. The van der Waals surface area contributed by atoms with Gasteiger partial charge < -0.3 is 10.2 Å². The zero-order valence-corrected chi connectivity index (χ0v) is 12.8. The molecule has 0 spiro atoms. The van der Waals surface area contributed by atoms with Gasteiger partial charge in [0, 0.05) is 24.3 Å². The van der Waals surface area contributed by atoms with E-state index in [4.69, 9.17) is 5.41 Å². The van der Waals surface area contributed by atoms with Crippen molar-refractivity contribution in [1.82, 2.24) is 10.2 Å². The molecular weight excluding hydrogens is 246 g/mol. The lowest BCUT2D eigenvalue weighted by Crippen LogP contribution is -2.43. The molecule has 0 radical (unpaired) electrons. The van der Waals surface area contributed by atoms with Crippen molar-refractivity contribution in [2.45, 2.75) is 76.8 Å². The van der Waals surface area contributed by atoms with Crippen LogP contribution in [0.4, 0.5) is 0 Å². The highest BCUT2D eigenvalue weighted by atomic mass is 15.2. The Hall–Kier alpha value is -0.990. The minimum absolute atomic E-state index is 0.541. The standard InChI is InChI=1S/C17H29N3/c1-13-6-2-3-11-20(13)17(18)12-15-9-5-10-16(19-15)14-7-4-8-14/h12-14,16,18-19H,2-11H2,1H3/b15-12-,18-17?. The van der Waals surface area contributed by atoms with Gasteiger partial charge in [0.05, 0.1) is 0 Å². The third-order valence-electron chi connectivity index (χ3n) is 5.47. The molecule has 3 heteroatoms. The predicted octanol–water partition coefficient (Wildman–Crippen LogP) is 3.66. The van der Waals surface area contributed by atoms with Crippen LogP contribution in [0.15, 0.2) is 11.8 Å². The number of nitrogens with one attached hydrogen (secondary N) is 2. The fourth-order valence-electron chi connectivity index (χ4n) is 3.91. The summed E-state index contributed by atoms with van der Waals surface area (Å²) in [6.07, 6.45) is 13.9. The maximum absolute atomic E-state index is 8.39. The molecule has 0 aromatic heterocycles. The van der Waals surface area contributed by atoms with Crippen molar-refractivity contribution < 1.29 is 0 Å². The Morgan fingerprint density at radius 3 is 2.70 bits per heavy atom. The molecule has 2 unspecified atom stereocenters. The Kier molecular flexibility index (Phi) is 4.32. The fraction of sp³-hybridized carbons (Fsp3) is 0.824. The average molecular weight is 275 g/mol. The van der Waals surface area contributed by atoms with Crippen LogP contribution in [0.3, 0.4) is 0 Å². The number of hydrogen-bond donors (Lipinski definition) is 2. The Balaban J connectivity index is 1.60. The number of hydrogen-bond acceptors (Lipinski definition) is 2. The Morgan fingerprint density at radius 1 is 1.15 bits per heavy atom. The first-order valence-corrected chi connectivity index (χ1v) is 8.56. The van der Waals surface area contributed by atoms with Crippen LogP contribution in [0.1, 0.15) is 64.7 Å². The molecular formula is C17H29N3. The van der Waals surface area contributed by atoms with Gasteiger partial charge in [-0.3, -0.25) is 5.41 Å². The Labute approximate surface area is 123 Å². The molecule has 20 heavy (non-hydrogen) atoms. The minimum atomic E-state index is 0.541. The molecule has 0 amide bonds. The minimum Gasteiger partial charge on any atom is -0.385 e. The molecule has 2 atom stereocenters.